The van der Waals surface area contributed by atoms with E-state index in [9.17, 15) is 9.18 Å². The molecular weight excluding hydrogens is 493 g/mol. The summed E-state index contributed by atoms with van der Waals surface area (Å²) in [7, 11) is 3.36. The number of nitrogens with zero attached hydrogens (tertiary/aromatic N) is 1. The van der Waals surface area contributed by atoms with Crippen molar-refractivity contribution in [2.75, 3.05) is 26.1 Å². The lowest BCUT2D eigenvalue weighted by Gasteiger charge is -2.47. The highest BCUT2D eigenvalue weighted by molar-refractivity contribution is 6.31. The molecule has 5 rings (SSSR count). The second-order valence-electron chi connectivity index (χ2n) is 10.7. The summed E-state index contributed by atoms with van der Waals surface area (Å²) >= 11 is 5.89. The Hall–Kier alpha value is -2.51. The number of methoxy groups -OCH3 is 2. The number of hydrogen-bond donors (Lipinski definition) is 2. The number of carbonyl (C=O) groups excluding carboxylic acids is 1. The molecule has 0 aromatic heterocycles. The van der Waals surface area contributed by atoms with Crippen molar-refractivity contribution in [2.24, 2.45) is 0 Å². The monoisotopic (exact) mass is 529 g/mol. The molecule has 2 N–H and O–H groups in total. The molecule has 0 radical (unpaired) electrons. The number of likely N-dealkylation sites (tertiary alicyclic amines) is 1. The van der Waals surface area contributed by atoms with E-state index in [0.717, 1.165) is 43.7 Å². The fourth-order valence-corrected chi connectivity index (χ4v) is 7.16. The average molecular weight is 530 g/mol. The minimum Gasteiger partial charge on any atom is -0.493 e. The van der Waals surface area contributed by atoms with E-state index in [-0.39, 0.29) is 22.5 Å². The standard InChI is InChI=1S/C29H37ClFN3O3/c1-36-25-11-8-19(16-26(25)37-2)29-13-12-21(33-28(35)32-20-9-10-24(31)23(30)17-20)18-27(29)34(15-14-29)22-6-4-3-5-7-22/h8-11,16-17,21-22,27H,3-7,12-15,18H2,1-2H3,(H2,32,33,35)/t21-,27+,29+/m1/s1. The molecule has 3 atom stereocenters. The second kappa shape index (κ2) is 11.1. The fraction of sp³-hybridized carbons (Fsp3) is 0.552. The molecule has 1 aliphatic heterocycles. The van der Waals surface area contributed by atoms with Gasteiger partial charge in [-0.3, -0.25) is 4.90 Å². The Labute approximate surface area is 223 Å². The van der Waals surface area contributed by atoms with Crippen LogP contribution in [0.25, 0.3) is 0 Å². The number of ether oxygens (including phenoxy) is 2. The van der Waals surface area contributed by atoms with Gasteiger partial charge in [0.1, 0.15) is 5.82 Å². The van der Waals surface area contributed by atoms with Crippen molar-refractivity contribution in [3.63, 3.8) is 0 Å². The van der Waals surface area contributed by atoms with Crippen LogP contribution in [-0.4, -0.2) is 49.8 Å². The summed E-state index contributed by atoms with van der Waals surface area (Å²) in [6.07, 6.45) is 10.3. The summed E-state index contributed by atoms with van der Waals surface area (Å²) in [5.74, 6) is 1.01. The number of rotatable bonds is 6. The lowest BCUT2D eigenvalue weighted by atomic mass is 9.64. The minimum absolute atomic E-state index is 0.00995. The van der Waals surface area contributed by atoms with E-state index in [1.165, 1.54) is 55.9 Å². The number of urea groups is 1. The van der Waals surface area contributed by atoms with Gasteiger partial charge in [0.15, 0.2) is 11.5 Å². The summed E-state index contributed by atoms with van der Waals surface area (Å²) in [5.41, 5.74) is 1.80. The van der Waals surface area contributed by atoms with Crippen LogP contribution in [0.4, 0.5) is 14.9 Å². The van der Waals surface area contributed by atoms with Crippen LogP contribution >= 0.6 is 11.6 Å². The summed E-state index contributed by atoms with van der Waals surface area (Å²) in [6, 6.07) is 11.3. The zero-order valence-electron chi connectivity index (χ0n) is 21.7. The largest absolute Gasteiger partial charge is 0.493 e. The summed E-state index contributed by atoms with van der Waals surface area (Å²) in [4.78, 5) is 15.6. The van der Waals surface area contributed by atoms with Gasteiger partial charge in [-0.25, -0.2) is 9.18 Å². The van der Waals surface area contributed by atoms with Gasteiger partial charge >= 0.3 is 6.03 Å². The van der Waals surface area contributed by atoms with Gasteiger partial charge in [-0.05, 0) is 81.0 Å². The van der Waals surface area contributed by atoms with Crippen molar-refractivity contribution in [1.29, 1.82) is 0 Å². The Bertz CT molecular complexity index is 1130. The molecule has 37 heavy (non-hydrogen) atoms. The molecule has 1 heterocycles. The summed E-state index contributed by atoms with van der Waals surface area (Å²) in [6.45, 7) is 1.08. The Kier molecular flexibility index (Phi) is 7.82. The number of benzene rings is 2. The number of halogens is 2. The molecule has 200 valence electrons. The van der Waals surface area contributed by atoms with Crippen LogP contribution in [0.2, 0.25) is 5.02 Å². The third kappa shape index (κ3) is 5.26. The van der Waals surface area contributed by atoms with Crippen molar-refractivity contribution < 1.29 is 18.7 Å². The molecule has 2 aromatic carbocycles. The van der Waals surface area contributed by atoms with Gasteiger partial charge in [0.25, 0.3) is 0 Å². The quantitative estimate of drug-likeness (QED) is 0.447. The van der Waals surface area contributed by atoms with Crippen LogP contribution in [0.3, 0.4) is 0 Å². The molecule has 8 heteroatoms. The van der Waals surface area contributed by atoms with Crippen LogP contribution in [0.15, 0.2) is 36.4 Å². The van der Waals surface area contributed by atoms with Gasteiger partial charge in [-0.15, -0.1) is 0 Å². The van der Waals surface area contributed by atoms with Crippen molar-refractivity contribution in [2.45, 2.75) is 81.3 Å². The molecule has 3 aliphatic rings. The van der Waals surface area contributed by atoms with Crippen molar-refractivity contribution in [3.8, 4) is 11.5 Å². The third-order valence-electron chi connectivity index (χ3n) is 8.82. The molecule has 3 fully saturated rings. The van der Waals surface area contributed by atoms with Gasteiger partial charge in [0.05, 0.1) is 19.2 Å². The zero-order chi connectivity index (χ0) is 26.0. The lowest BCUT2D eigenvalue weighted by Crippen LogP contribution is -2.55. The first kappa shape index (κ1) is 26.1. The van der Waals surface area contributed by atoms with E-state index >= 15 is 0 Å². The Balaban J connectivity index is 1.37. The van der Waals surface area contributed by atoms with E-state index in [1.54, 1.807) is 14.2 Å². The molecule has 6 nitrogen and oxygen atoms in total. The van der Waals surface area contributed by atoms with Crippen molar-refractivity contribution >= 4 is 23.3 Å². The SMILES string of the molecule is COc1ccc([C@@]23CC[C@@H](NC(=O)Nc4ccc(F)c(Cl)c4)C[C@@H]2N(C2CCCCC2)CC3)cc1OC. The predicted octanol–water partition coefficient (Wildman–Crippen LogP) is 6.52. The number of nitrogens with one attached hydrogen (secondary N) is 2. The maximum atomic E-state index is 13.5. The highest BCUT2D eigenvalue weighted by atomic mass is 35.5. The predicted molar refractivity (Wildman–Crippen MR) is 144 cm³/mol. The van der Waals surface area contributed by atoms with Crippen LogP contribution in [0.1, 0.15) is 63.4 Å². The van der Waals surface area contributed by atoms with E-state index < -0.39 is 5.82 Å². The zero-order valence-corrected chi connectivity index (χ0v) is 22.5. The van der Waals surface area contributed by atoms with Gasteiger partial charge in [-0.1, -0.05) is 36.9 Å². The first-order valence-electron chi connectivity index (χ1n) is 13.4. The number of fused-ring (bicyclic) bond motifs is 1. The molecular formula is C29H37ClFN3O3. The van der Waals surface area contributed by atoms with Gasteiger partial charge < -0.3 is 20.1 Å². The first-order chi connectivity index (χ1) is 17.9. The summed E-state index contributed by atoms with van der Waals surface area (Å²) in [5, 5.41) is 5.99. The van der Waals surface area contributed by atoms with Crippen LogP contribution < -0.4 is 20.1 Å². The van der Waals surface area contributed by atoms with Crippen LogP contribution in [0.5, 0.6) is 11.5 Å². The molecule has 2 amide bonds. The van der Waals surface area contributed by atoms with Crippen LogP contribution in [0, 0.1) is 5.82 Å². The smallest absolute Gasteiger partial charge is 0.319 e. The van der Waals surface area contributed by atoms with E-state index in [2.05, 4.69) is 27.7 Å². The normalized spacial score (nSPS) is 26.4. The number of carbonyl (C=O) groups is 1. The number of amides is 2. The highest BCUT2D eigenvalue weighted by Gasteiger charge is 2.53. The van der Waals surface area contributed by atoms with Crippen molar-refractivity contribution in [3.05, 3.63) is 52.8 Å². The highest BCUT2D eigenvalue weighted by Crippen LogP contribution is 2.51. The van der Waals surface area contributed by atoms with Crippen molar-refractivity contribution in [1.82, 2.24) is 10.2 Å². The maximum Gasteiger partial charge on any atom is 0.319 e. The minimum atomic E-state index is -0.504. The molecule has 0 unspecified atom stereocenters. The molecule has 2 saturated carbocycles. The van der Waals surface area contributed by atoms with E-state index in [4.69, 9.17) is 21.1 Å². The Morgan fingerprint density at radius 1 is 1.03 bits per heavy atom. The second-order valence-corrected chi connectivity index (χ2v) is 11.1. The van der Waals surface area contributed by atoms with Crippen LogP contribution in [-0.2, 0) is 5.41 Å². The Morgan fingerprint density at radius 2 is 1.81 bits per heavy atom. The summed E-state index contributed by atoms with van der Waals surface area (Å²) < 4.78 is 24.7. The average Bonchev–Trinajstić information content (AvgIpc) is 3.30. The molecule has 2 aromatic rings. The Morgan fingerprint density at radius 3 is 2.54 bits per heavy atom. The maximum absolute atomic E-state index is 13.5. The molecule has 0 spiro atoms. The van der Waals surface area contributed by atoms with Gasteiger partial charge in [-0.2, -0.15) is 0 Å². The molecule has 1 saturated heterocycles. The number of hydrogen-bond acceptors (Lipinski definition) is 4. The third-order valence-corrected chi connectivity index (χ3v) is 9.11. The first-order valence-corrected chi connectivity index (χ1v) is 13.8. The topological polar surface area (TPSA) is 62.8 Å². The van der Waals surface area contributed by atoms with E-state index in [1.807, 2.05) is 6.07 Å². The molecule has 0 bridgehead atoms. The lowest BCUT2D eigenvalue weighted by molar-refractivity contribution is 0.0825. The van der Waals surface area contributed by atoms with E-state index in [0.29, 0.717) is 17.8 Å². The van der Waals surface area contributed by atoms with Gasteiger partial charge in [0.2, 0.25) is 0 Å². The van der Waals surface area contributed by atoms with Gasteiger partial charge in [0, 0.05) is 29.2 Å². The molecule has 2 aliphatic carbocycles. The number of anilines is 1. The fourth-order valence-electron chi connectivity index (χ4n) is 6.97.